The number of para-hydroxylation sites is 1. The van der Waals surface area contributed by atoms with Gasteiger partial charge in [-0.05, 0) is 37.5 Å². The van der Waals surface area contributed by atoms with E-state index in [-0.39, 0.29) is 6.04 Å². The predicted molar refractivity (Wildman–Crippen MR) is 79.2 cm³/mol. The van der Waals surface area contributed by atoms with Gasteiger partial charge in [-0.25, -0.2) is 0 Å². The number of fused-ring (bicyclic) bond motifs is 1. The third-order valence-electron chi connectivity index (χ3n) is 3.31. The molecule has 1 aromatic carbocycles. The number of nitrogens with two attached hydrogens (primary N) is 1. The number of benzene rings is 1. The number of hydrogen-bond donors (Lipinski definition) is 2. The van der Waals surface area contributed by atoms with Crippen LogP contribution in [0.2, 0.25) is 0 Å². The van der Waals surface area contributed by atoms with Crippen LogP contribution in [0, 0.1) is 19.3 Å². The van der Waals surface area contributed by atoms with Gasteiger partial charge in [-0.1, -0.05) is 18.2 Å². The van der Waals surface area contributed by atoms with E-state index in [1.807, 2.05) is 18.2 Å². The van der Waals surface area contributed by atoms with Gasteiger partial charge < -0.3 is 0 Å². The first-order valence-corrected chi connectivity index (χ1v) is 6.52. The fourth-order valence-electron chi connectivity index (χ4n) is 2.28. The molecule has 0 saturated carbocycles. The van der Waals surface area contributed by atoms with Gasteiger partial charge in [0.2, 0.25) is 0 Å². The quantitative estimate of drug-likeness (QED) is 0.373. The molecular formula is C16H19N3. The van der Waals surface area contributed by atoms with Crippen LogP contribution in [0.25, 0.3) is 10.9 Å². The van der Waals surface area contributed by atoms with Gasteiger partial charge in [0.05, 0.1) is 17.3 Å². The average Bonchev–Trinajstić information content (AvgIpc) is 2.44. The number of terminal acetylenes is 1. The zero-order valence-corrected chi connectivity index (χ0v) is 11.2. The zero-order chi connectivity index (χ0) is 13.7. The lowest BCUT2D eigenvalue weighted by Crippen LogP contribution is -2.28. The minimum Gasteiger partial charge on any atom is -0.271 e. The van der Waals surface area contributed by atoms with Gasteiger partial charge in [0.1, 0.15) is 0 Å². The standard InChI is InChI=1S/C16H19N3/c1-3-4-5-10-15(19-17)16-11-12(2)13-8-6-7-9-14(13)18-16/h1,6-9,11,15,19H,4-5,10,17H2,2H3. The average molecular weight is 253 g/mol. The molecule has 3 N–H and O–H groups in total. The van der Waals surface area contributed by atoms with Gasteiger partial charge in [0.15, 0.2) is 0 Å². The summed E-state index contributed by atoms with van der Waals surface area (Å²) < 4.78 is 0. The van der Waals surface area contributed by atoms with E-state index < -0.39 is 0 Å². The molecule has 98 valence electrons. The summed E-state index contributed by atoms with van der Waals surface area (Å²) in [5, 5.41) is 1.19. The first-order valence-electron chi connectivity index (χ1n) is 6.52. The summed E-state index contributed by atoms with van der Waals surface area (Å²) in [6.07, 6.45) is 7.88. The SMILES string of the molecule is C#CCCCC(NN)c1cc(C)c2ccccc2n1. The first kappa shape index (κ1) is 13.5. The van der Waals surface area contributed by atoms with E-state index in [0.29, 0.717) is 0 Å². The van der Waals surface area contributed by atoms with Gasteiger partial charge in [-0.3, -0.25) is 16.3 Å². The van der Waals surface area contributed by atoms with E-state index >= 15 is 0 Å². The lowest BCUT2D eigenvalue weighted by atomic mass is 10.0. The maximum absolute atomic E-state index is 5.64. The Morgan fingerprint density at radius 2 is 2.21 bits per heavy atom. The van der Waals surface area contributed by atoms with Gasteiger partial charge in [0.25, 0.3) is 0 Å². The highest BCUT2D eigenvalue weighted by Gasteiger charge is 2.12. The summed E-state index contributed by atoms with van der Waals surface area (Å²) in [6, 6.07) is 10.3. The molecule has 2 rings (SSSR count). The summed E-state index contributed by atoms with van der Waals surface area (Å²) in [6.45, 7) is 2.10. The Labute approximate surface area is 114 Å². The molecule has 0 spiro atoms. The highest BCUT2D eigenvalue weighted by atomic mass is 15.2. The van der Waals surface area contributed by atoms with Crippen LogP contribution in [0.15, 0.2) is 30.3 Å². The van der Waals surface area contributed by atoms with E-state index in [4.69, 9.17) is 17.2 Å². The van der Waals surface area contributed by atoms with Crippen LogP contribution in [0.3, 0.4) is 0 Å². The molecule has 1 unspecified atom stereocenters. The number of hydrogen-bond acceptors (Lipinski definition) is 3. The molecule has 0 amide bonds. The number of unbranched alkanes of at least 4 members (excludes halogenated alkanes) is 1. The Morgan fingerprint density at radius 1 is 1.42 bits per heavy atom. The molecule has 1 atom stereocenters. The van der Waals surface area contributed by atoms with Crippen LogP contribution in [0.1, 0.15) is 36.6 Å². The van der Waals surface area contributed by atoms with Gasteiger partial charge >= 0.3 is 0 Å². The molecule has 0 aliphatic rings. The Hall–Kier alpha value is -1.89. The lowest BCUT2D eigenvalue weighted by molar-refractivity contribution is 0.492. The summed E-state index contributed by atoms with van der Waals surface area (Å²) >= 11 is 0. The second-order valence-electron chi connectivity index (χ2n) is 4.70. The van der Waals surface area contributed by atoms with E-state index in [2.05, 4.69) is 30.4 Å². The monoisotopic (exact) mass is 253 g/mol. The van der Waals surface area contributed by atoms with Crippen molar-refractivity contribution >= 4 is 10.9 Å². The Balaban J connectivity index is 2.30. The molecule has 0 fully saturated rings. The molecule has 0 bridgehead atoms. The largest absolute Gasteiger partial charge is 0.271 e. The number of nitrogens with one attached hydrogen (secondary N) is 1. The predicted octanol–water partition coefficient (Wildman–Crippen LogP) is 2.85. The van der Waals surface area contributed by atoms with Crippen molar-refractivity contribution in [3.05, 3.63) is 41.6 Å². The van der Waals surface area contributed by atoms with E-state index in [1.54, 1.807) is 0 Å². The Bertz CT molecular complexity index is 598. The highest BCUT2D eigenvalue weighted by molar-refractivity contribution is 5.82. The fraction of sp³-hybridized carbons (Fsp3) is 0.312. The first-order chi connectivity index (χ1) is 9.26. The number of aryl methyl sites for hydroxylation is 1. The maximum atomic E-state index is 5.64. The topological polar surface area (TPSA) is 50.9 Å². The lowest BCUT2D eigenvalue weighted by Gasteiger charge is -2.16. The van der Waals surface area contributed by atoms with Crippen molar-refractivity contribution in [3.8, 4) is 12.3 Å². The summed E-state index contributed by atoms with van der Waals surface area (Å²) in [5.41, 5.74) is 6.05. The van der Waals surface area contributed by atoms with E-state index in [9.17, 15) is 0 Å². The maximum Gasteiger partial charge on any atom is 0.0708 e. The zero-order valence-electron chi connectivity index (χ0n) is 11.2. The number of nitrogens with zero attached hydrogens (tertiary/aromatic N) is 1. The van der Waals surface area contributed by atoms with Crippen molar-refractivity contribution in [1.82, 2.24) is 10.4 Å². The normalized spacial score (nSPS) is 12.3. The molecule has 1 aromatic heterocycles. The number of aromatic nitrogens is 1. The highest BCUT2D eigenvalue weighted by Crippen LogP contribution is 2.23. The van der Waals surface area contributed by atoms with Crippen LogP contribution in [-0.2, 0) is 0 Å². The number of pyridine rings is 1. The number of hydrazine groups is 1. The van der Waals surface area contributed by atoms with E-state index in [0.717, 1.165) is 30.5 Å². The molecule has 0 aliphatic carbocycles. The second-order valence-corrected chi connectivity index (χ2v) is 4.70. The molecule has 3 nitrogen and oxygen atoms in total. The van der Waals surface area contributed by atoms with Crippen molar-refractivity contribution < 1.29 is 0 Å². The van der Waals surface area contributed by atoms with Crippen molar-refractivity contribution in [2.45, 2.75) is 32.2 Å². The third kappa shape index (κ3) is 3.11. The van der Waals surface area contributed by atoms with Gasteiger partial charge in [-0.15, -0.1) is 12.3 Å². The second kappa shape index (κ2) is 6.33. The van der Waals surface area contributed by atoms with Crippen LogP contribution in [0.4, 0.5) is 0 Å². The Morgan fingerprint density at radius 3 is 2.95 bits per heavy atom. The molecule has 0 aliphatic heterocycles. The van der Waals surface area contributed by atoms with Crippen molar-refractivity contribution in [3.63, 3.8) is 0 Å². The molecular weight excluding hydrogens is 234 g/mol. The number of rotatable bonds is 5. The van der Waals surface area contributed by atoms with E-state index in [1.165, 1.54) is 10.9 Å². The molecule has 0 radical (unpaired) electrons. The van der Waals surface area contributed by atoms with Crippen molar-refractivity contribution in [2.24, 2.45) is 5.84 Å². The molecule has 3 heteroatoms. The van der Waals surface area contributed by atoms with Crippen LogP contribution in [-0.4, -0.2) is 4.98 Å². The summed E-state index contributed by atoms with van der Waals surface area (Å²) in [7, 11) is 0. The van der Waals surface area contributed by atoms with Gasteiger partial charge in [-0.2, -0.15) is 0 Å². The minimum absolute atomic E-state index is 0.0525. The van der Waals surface area contributed by atoms with Crippen molar-refractivity contribution in [1.29, 1.82) is 0 Å². The fourth-order valence-corrected chi connectivity index (χ4v) is 2.28. The molecule has 1 heterocycles. The molecule has 0 saturated heterocycles. The third-order valence-corrected chi connectivity index (χ3v) is 3.31. The van der Waals surface area contributed by atoms with Crippen LogP contribution < -0.4 is 11.3 Å². The molecule has 2 aromatic rings. The summed E-state index contributed by atoms with van der Waals surface area (Å²) in [5.74, 6) is 8.29. The smallest absolute Gasteiger partial charge is 0.0708 e. The Kier molecular flexibility index (Phi) is 4.51. The summed E-state index contributed by atoms with van der Waals surface area (Å²) in [4.78, 5) is 4.69. The minimum atomic E-state index is 0.0525. The van der Waals surface area contributed by atoms with Gasteiger partial charge in [0, 0.05) is 11.8 Å². The molecule has 19 heavy (non-hydrogen) atoms. The van der Waals surface area contributed by atoms with Crippen LogP contribution in [0.5, 0.6) is 0 Å². The van der Waals surface area contributed by atoms with Crippen molar-refractivity contribution in [2.75, 3.05) is 0 Å². The van der Waals surface area contributed by atoms with Crippen LogP contribution >= 0.6 is 0 Å².